The molecule has 0 radical (unpaired) electrons. The van der Waals surface area contributed by atoms with E-state index in [1.54, 1.807) is 6.92 Å². The molecule has 2 fully saturated rings. The maximum atomic E-state index is 12.9. The fourth-order valence-corrected chi connectivity index (χ4v) is 5.75. The number of H-pyrrole nitrogens is 1. The van der Waals surface area contributed by atoms with Gasteiger partial charge in [0.25, 0.3) is 5.91 Å². The van der Waals surface area contributed by atoms with Gasteiger partial charge in [-0.25, -0.2) is 4.98 Å². The van der Waals surface area contributed by atoms with E-state index in [0.717, 1.165) is 63.1 Å². The molecule has 216 valence electrons. The summed E-state index contributed by atoms with van der Waals surface area (Å²) in [5.41, 5.74) is 2.37. The number of carbonyl (C=O) groups is 1. The summed E-state index contributed by atoms with van der Waals surface area (Å²) in [6.45, 7) is 7.89. The van der Waals surface area contributed by atoms with Crippen LogP contribution < -0.4 is 5.32 Å². The van der Waals surface area contributed by atoms with Crippen molar-refractivity contribution in [3.8, 4) is 0 Å². The minimum absolute atomic E-state index is 0.0407. The van der Waals surface area contributed by atoms with Crippen LogP contribution in [0.3, 0.4) is 0 Å². The second kappa shape index (κ2) is 12.5. The Labute approximate surface area is 236 Å². The Kier molecular flexibility index (Phi) is 8.85. The van der Waals surface area contributed by atoms with Crippen LogP contribution in [0.5, 0.6) is 0 Å². The monoisotopic (exact) mass is 550 g/mol. The van der Waals surface area contributed by atoms with Crippen molar-refractivity contribution in [1.29, 1.82) is 0 Å². The van der Waals surface area contributed by atoms with Gasteiger partial charge in [0.15, 0.2) is 0 Å². The lowest BCUT2D eigenvalue weighted by Crippen LogP contribution is -2.38. The van der Waals surface area contributed by atoms with Crippen molar-refractivity contribution in [1.82, 2.24) is 20.2 Å². The van der Waals surface area contributed by atoms with E-state index in [1.807, 2.05) is 18.3 Å². The van der Waals surface area contributed by atoms with Crippen molar-refractivity contribution in [2.24, 2.45) is 9.98 Å². The van der Waals surface area contributed by atoms with E-state index < -0.39 is 0 Å². The summed E-state index contributed by atoms with van der Waals surface area (Å²) < 4.78 is 12.3. The first-order valence-electron chi connectivity index (χ1n) is 14.6. The first-order valence-corrected chi connectivity index (χ1v) is 14.6. The third kappa shape index (κ3) is 6.90. The summed E-state index contributed by atoms with van der Waals surface area (Å²) in [7, 11) is 0. The van der Waals surface area contributed by atoms with Crippen molar-refractivity contribution in [2.75, 3.05) is 26.3 Å². The number of pyridine rings is 1. The van der Waals surface area contributed by atoms with Crippen LogP contribution in [0.2, 0.25) is 0 Å². The second-order valence-corrected chi connectivity index (χ2v) is 11.7. The lowest BCUT2D eigenvalue weighted by atomic mass is 9.89. The van der Waals surface area contributed by atoms with Crippen molar-refractivity contribution >= 4 is 28.8 Å². The average molecular weight is 551 g/mol. The zero-order valence-corrected chi connectivity index (χ0v) is 23.9. The van der Waals surface area contributed by atoms with E-state index in [1.165, 1.54) is 10.9 Å². The molecule has 2 saturated heterocycles. The van der Waals surface area contributed by atoms with Gasteiger partial charge in [0.1, 0.15) is 23.8 Å². The van der Waals surface area contributed by atoms with Crippen molar-refractivity contribution in [3.63, 3.8) is 0 Å². The van der Waals surface area contributed by atoms with Crippen LogP contribution in [0, 0.1) is 0 Å². The molecule has 0 unspecified atom stereocenters. The molecule has 5 heterocycles. The molecule has 0 aromatic carbocycles. The van der Waals surface area contributed by atoms with Gasteiger partial charge in [-0.05, 0) is 82.9 Å². The molecule has 0 aliphatic carbocycles. The Morgan fingerprint density at radius 2 is 2.12 bits per heavy atom. The van der Waals surface area contributed by atoms with Gasteiger partial charge in [0.05, 0.1) is 18.3 Å². The quantitative estimate of drug-likeness (QED) is 0.499. The smallest absolute Gasteiger partial charge is 0.318 e. The third-order valence-electron chi connectivity index (χ3n) is 8.00. The molecular weight excluding hydrogens is 508 g/mol. The molecule has 2 atom stereocenters. The molecule has 2 aromatic rings. The molecule has 3 N–H and O–H groups in total. The zero-order valence-electron chi connectivity index (χ0n) is 23.9. The lowest BCUT2D eigenvalue weighted by molar-refractivity contribution is -0.118. The first kappa shape index (κ1) is 28.3. The predicted octanol–water partition coefficient (Wildman–Crippen LogP) is 4.04. The number of amidine groups is 2. The number of rotatable bonds is 6. The summed E-state index contributed by atoms with van der Waals surface area (Å²) in [6, 6.07) is 3.95. The highest BCUT2D eigenvalue weighted by atomic mass is 16.6. The van der Waals surface area contributed by atoms with Gasteiger partial charge in [0.2, 0.25) is 0 Å². The Hall–Kier alpha value is -3.24. The Morgan fingerprint density at radius 1 is 1.30 bits per heavy atom. The number of hydrogen-bond donors (Lipinski definition) is 3. The normalized spacial score (nSPS) is 22.9. The lowest BCUT2D eigenvalue weighted by Gasteiger charge is -2.34. The van der Waals surface area contributed by atoms with Crippen molar-refractivity contribution in [3.05, 3.63) is 41.9 Å². The van der Waals surface area contributed by atoms with E-state index in [-0.39, 0.29) is 42.0 Å². The molecule has 3 aliphatic rings. The number of aliphatic hydroxyl groups is 1. The number of aliphatic hydroxyl groups excluding tert-OH is 1. The number of fused-ring (bicyclic) bond motifs is 1. The molecule has 0 saturated carbocycles. The van der Waals surface area contributed by atoms with E-state index in [9.17, 15) is 9.90 Å². The van der Waals surface area contributed by atoms with Gasteiger partial charge >= 0.3 is 6.02 Å². The maximum Gasteiger partial charge on any atom is 0.318 e. The van der Waals surface area contributed by atoms with Crippen LogP contribution in [-0.4, -0.2) is 81.8 Å². The van der Waals surface area contributed by atoms with E-state index in [4.69, 9.17) is 14.5 Å². The summed E-state index contributed by atoms with van der Waals surface area (Å²) in [6.07, 6.45) is 12.0. The number of likely N-dealkylation sites (tertiary alicyclic amines) is 1. The zero-order chi connectivity index (χ0) is 28.1. The van der Waals surface area contributed by atoms with Crippen molar-refractivity contribution < 1.29 is 19.4 Å². The number of aromatic nitrogens is 2. The van der Waals surface area contributed by atoms with E-state index >= 15 is 0 Å². The third-order valence-corrected chi connectivity index (χ3v) is 8.00. The SMILES string of the molecule is C[C@H](CO)NC(=O)C1=CCCCC(N2CCC(c3c[nH]c4ncccc34)CC2)=NC(OC[C@H]2CCC(C)(C)O2)=N1. The summed E-state index contributed by atoms with van der Waals surface area (Å²) in [5.74, 6) is 1.07. The van der Waals surface area contributed by atoms with Gasteiger partial charge < -0.3 is 29.8 Å². The highest BCUT2D eigenvalue weighted by Crippen LogP contribution is 2.33. The number of nitrogens with zero attached hydrogens (tertiary/aromatic N) is 4. The Morgan fingerprint density at radius 3 is 2.88 bits per heavy atom. The molecule has 2 aromatic heterocycles. The molecular formula is C30H42N6O4. The van der Waals surface area contributed by atoms with Crippen LogP contribution in [-0.2, 0) is 14.3 Å². The van der Waals surface area contributed by atoms with Crippen LogP contribution in [0.15, 0.2) is 46.3 Å². The first-order chi connectivity index (χ1) is 19.3. The van der Waals surface area contributed by atoms with Crippen LogP contribution >= 0.6 is 0 Å². The molecule has 40 heavy (non-hydrogen) atoms. The number of amides is 1. The molecule has 10 nitrogen and oxygen atoms in total. The van der Waals surface area contributed by atoms with Crippen LogP contribution in [0.4, 0.5) is 0 Å². The molecule has 5 rings (SSSR count). The number of hydrogen-bond acceptors (Lipinski definition) is 8. The summed E-state index contributed by atoms with van der Waals surface area (Å²) in [4.78, 5) is 32.5. The van der Waals surface area contributed by atoms with Gasteiger partial charge in [-0.3, -0.25) is 4.79 Å². The summed E-state index contributed by atoms with van der Waals surface area (Å²) >= 11 is 0. The van der Waals surface area contributed by atoms with Crippen LogP contribution in [0.25, 0.3) is 11.0 Å². The molecule has 1 amide bonds. The Bertz CT molecular complexity index is 1270. The number of nitrogens with one attached hydrogen (secondary N) is 2. The molecule has 3 aliphatic heterocycles. The summed E-state index contributed by atoms with van der Waals surface area (Å²) in [5, 5.41) is 13.4. The second-order valence-electron chi connectivity index (χ2n) is 11.7. The standard InChI is InChI=1S/C30H42N6O4/c1-20(18-37)33-28(38)25-8-4-5-9-26(35-29(34-25)39-19-22-10-13-30(2,3)40-22)36-15-11-21(12-16-36)24-17-32-27-23(24)7-6-14-31-27/h6-8,14,17,20-22,37H,4-5,9-13,15-16,18-19H2,1-3H3,(H,31,32)(H,33,38)/t20-,22-/m1/s1. The van der Waals surface area contributed by atoms with Gasteiger partial charge in [-0.15, -0.1) is 0 Å². The van der Waals surface area contributed by atoms with Gasteiger partial charge in [0, 0.05) is 43.3 Å². The maximum absolute atomic E-state index is 12.9. The van der Waals surface area contributed by atoms with E-state index in [0.29, 0.717) is 18.9 Å². The fraction of sp³-hybridized carbons (Fsp3) is 0.600. The molecule has 0 spiro atoms. The largest absolute Gasteiger partial charge is 0.461 e. The molecule has 0 bridgehead atoms. The predicted molar refractivity (Wildman–Crippen MR) is 155 cm³/mol. The minimum Gasteiger partial charge on any atom is -0.461 e. The number of aromatic amines is 1. The topological polar surface area (TPSA) is 124 Å². The van der Waals surface area contributed by atoms with Crippen LogP contribution in [0.1, 0.15) is 77.2 Å². The number of aliphatic imine (C=N–C) groups is 2. The highest BCUT2D eigenvalue weighted by Gasteiger charge is 2.32. The van der Waals surface area contributed by atoms with Gasteiger partial charge in [-0.1, -0.05) is 6.08 Å². The molecule has 10 heteroatoms. The van der Waals surface area contributed by atoms with Gasteiger partial charge in [-0.2, -0.15) is 9.98 Å². The van der Waals surface area contributed by atoms with Crippen molar-refractivity contribution in [2.45, 2.75) is 89.4 Å². The average Bonchev–Trinajstić information content (AvgIpc) is 3.56. The number of allylic oxidation sites excluding steroid dienone is 1. The van der Waals surface area contributed by atoms with E-state index in [2.05, 4.69) is 51.3 Å². The Balaban J connectivity index is 1.32. The highest BCUT2D eigenvalue weighted by molar-refractivity contribution is 5.99. The number of ether oxygens (including phenoxy) is 2. The minimum atomic E-state index is -0.372. The number of piperidine rings is 1. The number of carbonyl (C=O) groups excluding carboxylic acids is 1. The fourth-order valence-electron chi connectivity index (χ4n) is 5.75.